The Hall–Kier alpha value is -3.23. The first-order valence-corrected chi connectivity index (χ1v) is 10.4. The third kappa shape index (κ3) is 3.59. The van der Waals surface area contributed by atoms with Crippen LogP contribution in [0.2, 0.25) is 0 Å². The maximum Gasteiger partial charge on any atom is 0.0716 e. The zero-order valence-electron chi connectivity index (χ0n) is 15.7. The molecular weight excluding hydrogens is 418 g/mol. The van der Waals surface area contributed by atoms with E-state index in [-0.39, 0.29) is 0 Å². The molecule has 0 amide bonds. The van der Waals surface area contributed by atoms with E-state index in [0.717, 1.165) is 27.0 Å². The van der Waals surface area contributed by atoms with Gasteiger partial charge in [-0.25, -0.2) is 4.98 Å². The predicted molar refractivity (Wildman–Crippen MR) is 126 cm³/mol. The smallest absolute Gasteiger partial charge is 0.0716 e. The molecular formula is C27H18BrN. The second-order valence-corrected chi connectivity index (χ2v) is 7.95. The average Bonchev–Trinajstić information content (AvgIpc) is 2.79. The molecule has 1 nitrogen and oxygen atoms in total. The van der Waals surface area contributed by atoms with Crippen molar-refractivity contribution >= 4 is 26.7 Å². The van der Waals surface area contributed by atoms with Crippen molar-refractivity contribution in [2.45, 2.75) is 0 Å². The largest absolute Gasteiger partial charge is 0.248 e. The van der Waals surface area contributed by atoms with Crippen LogP contribution < -0.4 is 0 Å². The highest BCUT2D eigenvalue weighted by molar-refractivity contribution is 9.10. The molecule has 0 radical (unpaired) electrons. The molecule has 29 heavy (non-hydrogen) atoms. The monoisotopic (exact) mass is 435 g/mol. The minimum Gasteiger partial charge on any atom is -0.248 e. The fourth-order valence-corrected chi connectivity index (χ4v) is 4.11. The van der Waals surface area contributed by atoms with Crippen molar-refractivity contribution in [3.8, 4) is 33.6 Å². The number of nitrogens with zero attached hydrogens (tertiary/aromatic N) is 1. The van der Waals surface area contributed by atoms with Gasteiger partial charge in [-0.2, -0.15) is 0 Å². The Morgan fingerprint density at radius 2 is 1.17 bits per heavy atom. The summed E-state index contributed by atoms with van der Waals surface area (Å²) in [5.74, 6) is 0. The summed E-state index contributed by atoms with van der Waals surface area (Å²) in [4.78, 5) is 5.00. The molecule has 1 aromatic heterocycles. The molecule has 0 aliphatic carbocycles. The first-order valence-electron chi connectivity index (χ1n) is 9.59. The van der Waals surface area contributed by atoms with Crippen molar-refractivity contribution in [3.05, 3.63) is 114 Å². The van der Waals surface area contributed by atoms with Gasteiger partial charge in [0.05, 0.1) is 11.4 Å². The molecule has 0 saturated heterocycles. The third-order valence-electron chi connectivity index (χ3n) is 5.12. The van der Waals surface area contributed by atoms with Crippen LogP contribution >= 0.6 is 15.9 Å². The van der Waals surface area contributed by atoms with Gasteiger partial charge in [0.25, 0.3) is 0 Å². The summed E-state index contributed by atoms with van der Waals surface area (Å²) in [5, 5.41) is 2.49. The van der Waals surface area contributed by atoms with Crippen LogP contribution in [0, 0.1) is 0 Å². The van der Waals surface area contributed by atoms with Crippen LogP contribution in [0.15, 0.2) is 114 Å². The van der Waals surface area contributed by atoms with Crippen LogP contribution in [0.25, 0.3) is 44.4 Å². The molecule has 0 fully saturated rings. The molecule has 0 aliphatic heterocycles. The molecule has 0 unspecified atom stereocenters. The second kappa shape index (κ2) is 7.65. The van der Waals surface area contributed by atoms with Crippen molar-refractivity contribution in [1.82, 2.24) is 4.98 Å². The SMILES string of the molecule is Brc1cccc(-c2cc(-c3cccc4ccccc34)cc(-c3ccccc3)n2)c1. The third-order valence-corrected chi connectivity index (χ3v) is 5.61. The average molecular weight is 436 g/mol. The fraction of sp³-hybridized carbons (Fsp3) is 0. The Balaban J connectivity index is 1.78. The van der Waals surface area contributed by atoms with Crippen molar-refractivity contribution in [2.24, 2.45) is 0 Å². The summed E-state index contributed by atoms with van der Waals surface area (Å²) in [6.45, 7) is 0. The number of hydrogen-bond acceptors (Lipinski definition) is 1. The molecule has 5 rings (SSSR count). The lowest BCUT2D eigenvalue weighted by Crippen LogP contribution is -1.92. The van der Waals surface area contributed by atoms with E-state index in [9.17, 15) is 0 Å². The van der Waals surface area contributed by atoms with Gasteiger partial charge in [-0.1, -0.05) is 101 Å². The van der Waals surface area contributed by atoms with Crippen LogP contribution in [-0.2, 0) is 0 Å². The highest BCUT2D eigenvalue weighted by Crippen LogP contribution is 2.34. The molecule has 4 aromatic carbocycles. The van der Waals surface area contributed by atoms with E-state index >= 15 is 0 Å². The highest BCUT2D eigenvalue weighted by Gasteiger charge is 2.11. The number of pyridine rings is 1. The van der Waals surface area contributed by atoms with Gasteiger partial charge in [0.15, 0.2) is 0 Å². The quantitative estimate of drug-likeness (QED) is 0.279. The molecule has 0 aliphatic rings. The zero-order chi connectivity index (χ0) is 19.6. The lowest BCUT2D eigenvalue weighted by Gasteiger charge is -2.12. The molecule has 0 bridgehead atoms. The molecule has 1 heterocycles. The lowest BCUT2D eigenvalue weighted by molar-refractivity contribution is 1.32. The van der Waals surface area contributed by atoms with E-state index < -0.39 is 0 Å². The molecule has 138 valence electrons. The molecule has 0 saturated carbocycles. The van der Waals surface area contributed by atoms with Crippen LogP contribution in [0.3, 0.4) is 0 Å². The minimum absolute atomic E-state index is 0.968. The Morgan fingerprint density at radius 1 is 0.517 bits per heavy atom. The van der Waals surface area contributed by atoms with Crippen molar-refractivity contribution in [2.75, 3.05) is 0 Å². The van der Waals surface area contributed by atoms with Gasteiger partial charge in [0.1, 0.15) is 0 Å². The van der Waals surface area contributed by atoms with Crippen molar-refractivity contribution in [3.63, 3.8) is 0 Å². The summed E-state index contributed by atoms with van der Waals surface area (Å²) in [6, 6.07) is 38.1. The van der Waals surface area contributed by atoms with E-state index in [0.29, 0.717) is 0 Å². The molecule has 0 N–H and O–H groups in total. The van der Waals surface area contributed by atoms with Gasteiger partial charge >= 0.3 is 0 Å². The van der Waals surface area contributed by atoms with Gasteiger partial charge in [-0.05, 0) is 46.2 Å². The van der Waals surface area contributed by atoms with Gasteiger partial charge in [0, 0.05) is 15.6 Å². The van der Waals surface area contributed by atoms with Gasteiger partial charge in [-0.15, -0.1) is 0 Å². The van der Waals surface area contributed by atoms with Crippen LogP contribution in [0.5, 0.6) is 0 Å². The van der Waals surface area contributed by atoms with Crippen molar-refractivity contribution < 1.29 is 0 Å². The Labute approximate surface area is 178 Å². The zero-order valence-corrected chi connectivity index (χ0v) is 17.3. The highest BCUT2D eigenvalue weighted by atomic mass is 79.9. The second-order valence-electron chi connectivity index (χ2n) is 7.03. The standard InChI is InChI=1S/C27H18BrN/c28-23-13-6-12-21(16-23)27-18-22(17-26(29-27)20-9-2-1-3-10-20)25-15-7-11-19-8-4-5-14-24(19)25/h1-18H. The Morgan fingerprint density at radius 3 is 2.00 bits per heavy atom. The molecule has 2 heteroatoms. The number of benzene rings is 4. The van der Waals surface area contributed by atoms with Gasteiger partial charge < -0.3 is 0 Å². The molecule has 5 aromatic rings. The summed E-state index contributed by atoms with van der Waals surface area (Å²) in [7, 11) is 0. The minimum atomic E-state index is 0.968. The molecule has 0 spiro atoms. The normalized spacial score (nSPS) is 10.9. The summed E-state index contributed by atoms with van der Waals surface area (Å²) >= 11 is 3.59. The van der Waals surface area contributed by atoms with E-state index in [1.807, 2.05) is 18.2 Å². The molecule has 0 atom stereocenters. The van der Waals surface area contributed by atoms with E-state index in [2.05, 4.69) is 107 Å². The number of aromatic nitrogens is 1. The van der Waals surface area contributed by atoms with Crippen molar-refractivity contribution in [1.29, 1.82) is 0 Å². The first-order chi connectivity index (χ1) is 14.3. The summed E-state index contributed by atoms with van der Waals surface area (Å²) in [6.07, 6.45) is 0. The Bertz CT molecular complexity index is 1300. The maximum absolute atomic E-state index is 5.00. The van der Waals surface area contributed by atoms with E-state index in [4.69, 9.17) is 4.98 Å². The maximum atomic E-state index is 5.00. The summed E-state index contributed by atoms with van der Waals surface area (Å²) < 4.78 is 1.05. The number of fused-ring (bicyclic) bond motifs is 1. The van der Waals surface area contributed by atoms with Gasteiger partial charge in [-0.3, -0.25) is 0 Å². The lowest BCUT2D eigenvalue weighted by atomic mass is 9.96. The van der Waals surface area contributed by atoms with Crippen LogP contribution in [0.1, 0.15) is 0 Å². The predicted octanol–water partition coefficient (Wildman–Crippen LogP) is 8.00. The topological polar surface area (TPSA) is 12.9 Å². The first kappa shape index (κ1) is 17.8. The van der Waals surface area contributed by atoms with Crippen LogP contribution in [0.4, 0.5) is 0 Å². The van der Waals surface area contributed by atoms with Gasteiger partial charge in [0.2, 0.25) is 0 Å². The summed E-state index contributed by atoms with van der Waals surface area (Å²) in [5.41, 5.74) is 6.55. The number of halogens is 1. The van der Waals surface area contributed by atoms with Crippen LogP contribution in [-0.4, -0.2) is 4.98 Å². The van der Waals surface area contributed by atoms with E-state index in [1.165, 1.54) is 21.9 Å². The Kier molecular flexibility index (Phi) is 4.71. The number of hydrogen-bond donors (Lipinski definition) is 0. The van der Waals surface area contributed by atoms with E-state index in [1.54, 1.807) is 0 Å². The fourth-order valence-electron chi connectivity index (χ4n) is 3.72. The number of rotatable bonds is 3.